The van der Waals surface area contributed by atoms with Gasteiger partial charge in [0, 0.05) is 17.7 Å². The van der Waals surface area contributed by atoms with Crippen LogP contribution in [0, 0.1) is 0 Å². The van der Waals surface area contributed by atoms with E-state index in [-0.39, 0.29) is 19.0 Å². The number of hydrogen-bond acceptors (Lipinski definition) is 5. The Morgan fingerprint density at radius 1 is 1.11 bits per heavy atom. The van der Waals surface area contributed by atoms with Gasteiger partial charge in [0.2, 0.25) is 0 Å². The minimum Gasteiger partial charge on any atom is -0.482 e. The summed E-state index contributed by atoms with van der Waals surface area (Å²) in [5, 5.41) is 8.83. The third kappa shape index (κ3) is 7.02. The number of carbonyl (C=O) groups is 2. The Kier molecular flexibility index (Phi) is 7.80. The summed E-state index contributed by atoms with van der Waals surface area (Å²) in [4.78, 5) is 24.4. The number of benzene rings is 1. The number of ketones is 1. The van der Waals surface area contributed by atoms with E-state index in [9.17, 15) is 9.59 Å². The van der Waals surface area contributed by atoms with Gasteiger partial charge in [-0.25, -0.2) is 4.79 Å². The summed E-state index contributed by atoms with van der Waals surface area (Å²) in [5.74, 6) is 0.0536. The number of hydrogen-bond donors (Lipinski definition) is 1. The van der Waals surface area contributed by atoms with E-state index >= 15 is 0 Å². The van der Waals surface area contributed by atoms with Crippen LogP contribution in [0.5, 0.6) is 5.75 Å². The van der Waals surface area contributed by atoms with Crippen LogP contribution < -0.4 is 4.74 Å². The van der Waals surface area contributed by atoms with Gasteiger partial charge in [-0.05, 0) is 70.2 Å². The van der Waals surface area contributed by atoms with Crippen LogP contribution in [0.25, 0.3) is 0 Å². The van der Waals surface area contributed by atoms with Gasteiger partial charge in [-0.3, -0.25) is 4.79 Å². The lowest BCUT2D eigenvalue weighted by molar-refractivity contribution is -0.159. The van der Waals surface area contributed by atoms with Crippen LogP contribution in [0.4, 0.5) is 0 Å². The Bertz CT molecular complexity index is 698. The predicted molar refractivity (Wildman–Crippen MR) is 104 cm³/mol. The van der Waals surface area contributed by atoms with Crippen molar-refractivity contribution < 1.29 is 24.2 Å². The number of ether oxygens (including phenoxy) is 2. The number of carbonyl (C=O) groups excluding carboxylic acids is 2. The summed E-state index contributed by atoms with van der Waals surface area (Å²) < 4.78 is 10.9. The van der Waals surface area contributed by atoms with Crippen LogP contribution in [0.2, 0.25) is 0 Å². The topological polar surface area (TPSA) is 72.8 Å². The highest BCUT2D eigenvalue weighted by atomic mass is 16.6. The molecule has 2 rings (SSSR count). The monoisotopic (exact) mass is 372 g/mol. The number of unbranched alkanes of at least 4 members (excludes halogenated alkanes) is 1. The molecule has 5 nitrogen and oxygen atoms in total. The molecule has 0 fully saturated rings. The molecule has 0 unspecified atom stereocenters. The number of Topliss-reactive ketones (excluding diaryl/α,β-unsaturated/α-hetero) is 1. The molecular weight excluding hydrogens is 344 g/mol. The van der Waals surface area contributed by atoms with Gasteiger partial charge >= 0.3 is 5.97 Å². The van der Waals surface area contributed by atoms with Gasteiger partial charge in [0.05, 0.1) is 0 Å². The molecule has 0 aromatic heterocycles. The van der Waals surface area contributed by atoms with E-state index < -0.39 is 11.6 Å². The van der Waals surface area contributed by atoms with E-state index in [1.54, 1.807) is 24.3 Å². The normalized spacial score (nSPS) is 13.8. The summed E-state index contributed by atoms with van der Waals surface area (Å²) in [7, 11) is 0. The summed E-state index contributed by atoms with van der Waals surface area (Å²) in [5.41, 5.74) is 0.710. The quantitative estimate of drug-likeness (QED) is 0.382. The van der Waals surface area contributed by atoms with Gasteiger partial charge in [-0.2, -0.15) is 0 Å². The zero-order chi connectivity index (χ0) is 19.7. The molecule has 0 radical (unpaired) electrons. The summed E-state index contributed by atoms with van der Waals surface area (Å²) in [6, 6.07) is 6.76. The zero-order valence-corrected chi connectivity index (χ0v) is 16.1. The molecule has 0 amide bonds. The molecule has 1 aliphatic carbocycles. The van der Waals surface area contributed by atoms with Crippen molar-refractivity contribution in [1.29, 1.82) is 0 Å². The van der Waals surface area contributed by atoms with Crippen molar-refractivity contribution in [2.75, 3.05) is 13.2 Å². The third-order valence-electron chi connectivity index (χ3n) is 4.31. The van der Waals surface area contributed by atoms with Crippen LogP contribution in [0.3, 0.4) is 0 Å². The third-order valence-corrected chi connectivity index (χ3v) is 4.31. The molecule has 0 bridgehead atoms. The molecule has 1 N–H and O–H groups in total. The second-order valence-electron chi connectivity index (χ2n) is 7.20. The fourth-order valence-electron chi connectivity index (χ4n) is 2.84. The number of aliphatic hydroxyl groups excluding tert-OH is 1. The van der Waals surface area contributed by atoms with Crippen molar-refractivity contribution in [3.63, 3.8) is 0 Å². The summed E-state index contributed by atoms with van der Waals surface area (Å²) in [6.07, 6.45) is 9.82. The zero-order valence-electron chi connectivity index (χ0n) is 16.1. The average molecular weight is 372 g/mol. The Morgan fingerprint density at radius 2 is 1.85 bits per heavy atom. The number of aliphatic hydroxyl groups is 1. The lowest BCUT2D eigenvalue weighted by Crippen LogP contribution is -2.30. The van der Waals surface area contributed by atoms with Crippen molar-refractivity contribution >= 4 is 11.8 Å². The number of allylic oxidation sites excluding steroid dienone is 4. The van der Waals surface area contributed by atoms with Crippen molar-refractivity contribution in [3.05, 3.63) is 53.6 Å². The van der Waals surface area contributed by atoms with E-state index in [1.807, 2.05) is 32.1 Å². The highest BCUT2D eigenvalue weighted by Gasteiger charge is 2.22. The highest BCUT2D eigenvalue weighted by Crippen LogP contribution is 2.20. The van der Waals surface area contributed by atoms with Gasteiger partial charge < -0.3 is 14.6 Å². The Balaban J connectivity index is 1.82. The molecule has 0 aliphatic heterocycles. The average Bonchev–Trinajstić information content (AvgIpc) is 2.66. The van der Waals surface area contributed by atoms with E-state index in [1.165, 1.54) is 0 Å². The first-order valence-corrected chi connectivity index (χ1v) is 9.38. The minimum absolute atomic E-state index is 0.0125. The molecule has 0 atom stereocenters. The van der Waals surface area contributed by atoms with Gasteiger partial charge in [-0.15, -0.1) is 0 Å². The lowest BCUT2D eigenvalue weighted by atomic mass is 9.98. The first-order valence-electron chi connectivity index (χ1n) is 9.38. The highest BCUT2D eigenvalue weighted by molar-refractivity contribution is 6.10. The maximum absolute atomic E-state index is 12.4. The van der Waals surface area contributed by atoms with Crippen LogP contribution >= 0.6 is 0 Å². The molecule has 0 spiro atoms. The number of esters is 1. The molecule has 1 aliphatic rings. The summed E-state index contributed by atoms with van der Waals surface area (Å²) >= 11 is 0. The Morgan fingerprint density at radius 3 is 2.48 bits per heavy atom. The second-order valence-corrected chi connectivity index (χ2v) is 7.20. The van der Waals surface area contributed by atoms with E-state index in [0.29, 0.717) is 29.7 Å². The van der Waals surface area contributed by atoms with Crippen molar-refractivity contribution in [2.45, 2.75) is 51.6 Å². The van der Waals surface area contributed by atoms with Crippen molar-refractivity contribution in [1.82, 2.24) is 0 Å². The molecule has 0 saturated carbocycles. The van der Waals surface area contributed by atoms with Gasteiger partial charge in [0.15, 0.2) is 12.4 Å². The minimum atomic E-state index is -0.590. The van der Waals surface area contributed by atoms with E-state index in [0.717, 1.165) is 19.3 Å². The summed E-state index contributed by atoms with van der Waals surface area (Å²) in [6.45, 7) is 3.64. The van der Waals surface area contributed by atoms with Crippen molar-refractivity contribution in [3.8, 4) is 5.75 Å². The molecule has 146 valence electrons. The molecular formula is C22H28O5. The number of rotatable bonds is 10. The van der Waals surface area contributed by atoms with Gasteiger partial charge in [0.1, 0.15) is 11.4 Å². The predicted octanol–water partition coefficient (Wildman–Crippen LogP) is 4.01. The lowest BCUT2D eigenvalue weighted by Gasteiger charge is -2.25. The Labute approximate surface area is 160 Å². The maximum atomic E-state index is 12.4. The van der Waals surface area contributed by atoms with Crippen LogP contribution in [-0.4, -0.2) is 35.7 Å². The standard InChI is InChI=1S/C22H28O5/c1-22(2,14-6-7-15-23)27-20(24)16-26-19-12-10-18(11-13-19)21(25)17-8-4-3-5-9-17/h4,8-13,23H,3,5-7,14-16H2,1-2H3. The van der Waals surface area contributed by atoms with Crippen LogP contribution in [0.15, 0.2) is 48.1 Å². The second kappa shape index (κ2) is 10.1. The van der Waals surface area contributed by atoms with Gasteiger partial charge in [0.25, 0.3) is 0 Å². The molecule has 0 saturated heterocycles. The van der Waals surface area contributed by atoms with Crippen molar-refractivity contribution in [2.24, 2.45) is 0 Å². The molecule has 0 heterocycles. The first kappa shape index (κ1) is 20.9. The molecule has 1 aromatic rings. The van der Waals surface area contributed by atoms with Crippen LogP contribution in [-0.2, 0) is 9.53 Å². The van der Waals surface area contributed by atoms with E-state index in [2.05, 4.69) is 0 Å². The SMILES string of the molecule is CC(C)(CCCCO)OC(=O)COc1ccc(C(=O)C2=CCCC=C2)cc1. The van der Waals surface area contributed by atoms with Gasteiger partial charge in [-0.1, -0.05) is 18.2 Å². The smallest absolute Gasteiger partial charge is 0.344 e. The molecule has 27 heavy (non-hydrogen) atoms. The largest absolute Gasteiger partial charge is 0.482 e. The molecule has 1 aromatic carbocycles. The Hall–Kier alpha value is -2.40. The fourth-order valence-corrected chi connectivity index (χ4v) is 2.84. The van der Waals surface area contributed by atoms with E-state index in [4.69, 9.17) is 14.6 Å². The molecule has 5 heteroatoms. The van der Waals surface area contributed by atoms with Crippen LogP contribution in [0.1, 0.15) is 56.3 Å². The first-order chi connectivity index (χ1) is 12.9. The fraction of sp³-hybridized carbons (Fsp3) is 0.455. The maximum Gasteiger partial charge on any atom is 0.344 e.